The van der Waals surface area contributed by atoms with Crippen molar-refractivity contribution in [1.29, 1.82) is 0 Å². The van der Waals surface area contributed by atoms with E-state index >= 15 is 0 Å². The van der Waals surface area contributed by atoms with Gasteiger partial charge in [0.15, 0.2) is 11.7 Å². The van der Waals surface area contributed by atoms with Crippen LogP contribution in [0, 0.1) is 0 Å². The van der Waals surface area contributed by atoms with Crippen LogP contribution in [0.2, 0.25) is 0 Å². The average molecular weight is 484 g/mol. The maximum Gasteiger partial charge on any atom is 0.434 e. The van der Waals surface area contributed by atoms with Crippen LogP contribution in [0.4, 0.5) is 13.2 Å². The third-order valence-electron chi connectivity index (χ3n) is 3.42. The highest BCUT2D eigenvalue weighted by molar-refractivity contribution is 14.0. The summed E-state index contributed by atoms with van der Waals surface area (Å²) in [5.41, 5.74) is 0.347. The second-order valence-electron chi connectivity index (χ2n) is 5.24. The molecule has 0 saturated heterocycles. The molecule has 0 fully saturated rings. The van der Waals surface area contributed by atoms with Crippen molar-refractivity contribution in [2.45, 2.75) is 25.6 Å². The Morgan fingerprint density at radius 2 is 1.92 bits per heavy atom. The summed E-state index contributed by atoms with van der Waals surface area (Å²) in [5, 5.41) is 7.53. The predicted octanol–water partition coefficient (Wildman–Crippen LogP) is 4.25. The van der Waals surface area contributed by atoms with Gasteiger partial charge in [-0.1, -0.05) is 37.3 Å². The first kappa shape index (κ1) is 21.7. The monoisotopic (exact) mass is 484 g/mol. The van der Waals surface area contributed by atoms with E-state index in [1.54, 1.807) is 7.05 Å². The number of aromatic nitrogens is 1. The van der Waals surface area contributed by atoms with Crippen molar-refractivity contribution >= 4 is 41.3 Å². The molecule has 0 spiro atoms. The lowest BCUT2D eigenvalue weighted by atomic mass is 10.0. The summed E-state index contributed by atoms with van der Waals surface area (Å²) < 4.78 is 37.6. The lowest BCUT2D eigenvalue weighted by Gasteiger charge is -2.16. The molecule has 0 bridgehead atoms. The Kier molecular flexibility index (Phi) is 8.63. The molecule has 2 rings (SSSR count). The summed E-state index contributed by atoms with van der Waals surface area (Å²) in [6.45, 7) is 2.95. The van der Waals surface area contributed by atoms with E-state index in [1.165, 1.54) is 5.56 Å². The van der Waals surface area contributed by atoms with Crippen molar-refractivity contribution in [1.82, 2.24) is 15.6 Å². The van der Waals surface area contributed by atoms with E-state index in [4.69, 9.17) is 0 Å². The highest BCUT2D eigenvalue weighted by atomic mass is 127. The molecule has 0 aliphatic heterocycles. The van der Waals surface area contributed by atoms with Crippen LogP contribution in [0.5, 0.6) is 0 Å². The standard InChI is InChI=1S/C16H19F3N4S.HI/c1-11(12-6-4-3-5-7-12)8-21-15(20-2)22-9-14-23-13(10-24-14)16(17,18)19;/h3-7,10-11H,8-9H2,1-2H3,(H2,20,21,22);1H. The van der Waals surface area contributed by atoms with Crippen LogP contribution in [-0.4, -0.2) is 24.5 Å². The average Bonchev–Trinajstić information content (AvgIpc) is 3.05. The summed E-state index contributed by atoms with van der Waals surface area (Å²) in [6.07, 6.45) is -4.40. The number of nitrogens with one attached hydrogen (secondary N) is 2. The lowest BCUT2D eigenvalue weighted by molar-refractivity contribution is -0.140. The number of hydrogen-bond acceptors (Lipinski definition) is 3. The molecule has 0 radical (unpaired) electrons. The first-order chi connectivity index (χ1) is 11.4. The molecular formula is C16H20F3IN4S. The van der Waals surface area contributed by atoms with Crippen LogP contribution >= 0.6 is 35.3 Å². The van der Waals surface area contributed by atoms with Crippen molar-refractivity contribution in [3.05, 3.63) is 52.0 Å². The van der Waals surface area contributed by atoms with Crippen molar-refractivity contribution < 1.29 is 13.2 Å². The van der Waals surface area contributed by atoms with E-state index in [0.29, 0.717) is 17.5 Å². The summed E-state index contributed by atoms with van der Waals surface area (Å²) in [5.74, 6) is 0.808. The van der Waals surface area contributed by atoms with Gasteiger partial charge in [0.25, 0.3) is 0 Å². The first-order valence-electron chi connectivity index (χ1n) is 7.41. The zero-order chi connectivity index (χ0) is 17.6. The van der Waals surface area contributed by atoms with Gasteiger partial charge in [0.1, 0.15) is 5.01 Å². The quantitative estimate of drug-likeness (QED) is 0.379. The Bertz CT molecular complexity index is 674. The number of hydrogen-bond donors (Lipinski definition) is 2. The number of thiazole rings is 1. The number of rotatable bonds is 5. The van der Waals surface area contributed by atoms with Gasteiger partial charge in [-0.2, -0.15) is 13.2 Å². The molecule has 25 heavy (non-hydrogen) atoms. The zero-order valence-electron chi connectivity index (χ0n) is 13.8. The predicted molar refractivity (Wildman–Crippen MR) is 106 cm³/mol. The zero-order valence-corrected chi connectivity index (χ0v) is 16.9. The summed E-state index contributed by atoms with van der Waals surface area (Å²) in [4.78, 5) is 7.65. The van der Waals surface area contributed by atoms with Gasteiger partial charge in [0, 0.05) is 19.0 Å². The SMILES string of the molecule is CN=C(NCc1nc(C(F)(F)F)cs1)NCC(C)c1ccccc1.I. The number of guanidine groups is 1. The Balaban J connectivity index is 0.00000312. The van der Waals surface area contributed by atoms with E-state index in [-0.39, 0.29) is 36.4 Å². The second kappa shape index (κ2) is 9.95. The highest BCUT2D eigenvalue weighted by Crippen LogP contribution is 2.29. The molecule has 1 unspecified atom stereocenters. The third-order valence-corrected chi connectivity index (χ3v) is 4.27. The van der Waals surface area contributed by atoms with Crippen LogP contribution < -0.4 is 10.6 Å². The molecule has 2 N–H and O–H groups in total. The minimum Gasteiger partial charge on any atom is -0.356 e. The minimum absolute atomic E-state index is 0. The molecule has 2 aromatic rings. The third kappa shape index (κ3) is 6.81. The van der Waals surface area contributed by atoms with Gasteiger partial charge in [0.05, 0.1) is 6.54 Å². The van der Waals surface area contributed by atoms with Gasteiger partial charge in [-0.15, -0.1) is 35.3 Å². The van der Waals surface area contributed by atoms with Crippen molar-refractivity contribution in [2.24, 2.45) is 4.99 Å². The molecule has 1 heterocycles. The largest absolute Gasteiger partial charge is 0.434 e. The number of benzene rings is 1. The van der Waals surface area contributed by atoms with Gasteiger partial charge >= 0.3 is 6.18 Å². The van der Waals surface area contributed by atoms with Crippen molar-refractivity contribution in [3.8, 4) is 0 Å². The molecule has 0 saturated carbocycles. The first-order valence-corrected chi connectivity index (χ1v) is 8.29. The summed E-state index contributed by atoms with van der Waals surface area (Å²) >= 11 is 0.974. The van der Waals surface area contributed by atoms with Gasteiger partial charge < -0.3 is 10.6 Å². The minimum atomic E-state index is -4.40. The smallest absolute Gasteiger partial charge is 0.356 e. The normalized spacial score (nSPS) is 13.1. The summed E-state index contributed by atoms with van der Waals surface area (Å²) in [7, 11) is 1.62. The highest BCUT2D eigenvalue weighted by Gasteiger charge is 2.33. The van der Waals surface area contributed by atoms with Crippen molar-refractivity contribution in [2.75, 3.05) is 13.6 Å². The maximum absolute atomic E-state index is 12.5. The molecule has 1 aromatic carbocycles. The molecule has 1 atom stereocenters. The van der Waals surface area contributed by atoms with Crippen LogP contribution in [0.1, 0.15) is 29.1 Å². The number of aliphatic imine (C=N–C) groups is 1. The Morgan fingerprint density at radius 1 is 1.24 bits per heavy atom. The number of halogens is 4. The maximum atomic E-state index is 12.5. The van der Waals surface area contributed by atoms with Gasteiger partial charge in [0.2, 0.25) is 0 Å². The van der Waals surface area contributed by atoms with E-state index in [1.807, 2.05) is 18.2 Å². The Labute approximate surface area is 166 Å². The Morgan fingerprint density at radius 3 is 2.48 bits per heavy atom. The van der Waals surface area contributed by atoms with Gasteiger partial charge in [-0.25, -0.2) is 4.98 Å². The molecular weight excluding hydrogens is 464 g/mol. The fourth-order valence-corrected chi connectivity index (χ4v) is 2.79. The van der Waals surface area contributed by atoms with Crippen molar-refractivity contribution in [3.63, 3.8) is 0 Å². The number of nitrogens with zero attached hydrogens (tertiary/aromatic N) is 2. The van der Waals surface area contributed by atoms with Gasteiger partial charge in [-0.05, 0) is 11.5 Å². The summed E-state index contributed by atoms with van der Waals surface area (Å²) in [6, 6.07) is 10.0. The molecule has 0 amide bonds. The van der Waals surface area contributed by atoms with Crippen LogP contribution in [0.25, 0.3) is 0 Å². The Hall–Kier alpha value is -1.36. The number of alkyl halides is 3. The molecule has 4 nitrogen and oxygen atoms in total. The molecule has 9 heteroatoms. The molecule has 138 valence electrons. The van der Waals surface area contributed by atoms with E-state index in [0.717, 1.165) is 16.7 Å². The van der Waals surface area contributed by atoms with Crippen LogP contribution in [-0.2, 0) is 12.7 Å². The fraction of sp³-hybridized carbons (Fsp3) is 0.375. The topological polar surface area (TPSA) is 49.3 Å². The van der Waals surface area contributed by atoms with E-state index < -0.39 is 11.9 Å². The molecule has 0 aliphatic rings. The second-order valence-corrected chi connectivity index (χ2v) is 6.19. The fourth-order valence-electron chi connectivity index (χ4n) is 2.05. The van der Waals surface area contributed by atoms with Crippen LogP contribution in [0.3, 0.4) is 0 Å². The van der Waals surface area contributed by atoms with Gasteiger partial charge in [-0.3, -0.25) is 4.99 Å². The van der Waals surface area contributed by atoms with E-state index in [9.17, 15) is 13.2 Å². The van der Waals surface area contributed by atoms with E-state index in [2.05, 4.69) is 39.7 Å². The van der Waals surface area contributed by atoms with Crippen LogP contribution in [0.15, 0.2) is 40.7 Å². The lowest BCUT2D eigenvalue weighted by Crippen LogP contribution is -2.38. The molecule has 0 aliphatic carbocycles. The molecule has 1 aromatic heterocycles.